The zero-order valence-electron chi connectivity index (χ0n) is 11.1. The lowest BCUT2D eigenvalue weighted by atomic mass is 10.0. The van der Waals surface area contributed by atoms with Crippen molar-refractivity contribution in [3.8, 4) is 0 Å². The Bertz CT molecular complexity index is 313. The molecule has 0 spiro atoms. The summed E-state index contributed by atoms with van der Waals surface area (Å²) in [6.07, 6.45) is 3.84. The van der Waals surface area contributed by atoms with Gasteiger partial charge in [-0.05, 0) is 19.3 Å². The molecule has 1 rings (SSSR count). The molecule has 0 saturated carbocycles. The maximum Gasteiger partial charge on any atom is 0.0964 e. The summed E-state index contributed by atoms with van der Waals surface area (Å²) < 4.78 is 1.78. The Morgan fingerprint density at radius 1 is 1.47 bits per heavy atom. The van der Waals surface area contributed by atoms with E-state index in [1.165, 1.54) is 6.42 Å². The maximum absolute atomic E-state index is 8.72. The van der Waals surface area contributed by atoms with Crippen LogP contribution in [0.3, 0.4) is 0 Å². The molecule has 0 amide bonds. The Balaban J connectivity index is 2.34. The Morgan fingerprint density at radius 3 is 2.88 bits per heavy atom. The van der Waals surface area contributed by atoms with E-state index >= 15 is 0 Å². The molecule has 2 atom stereocenters. The predicted molar refractivity (Wildman–Crippen MR) is 67.5 cm³/mol. The summed E-state index contributed by atoms with van der Waals surface area (Å²) in [5.41, 5.74) is 0.957. The van der Waals surface area contributed by atoms with Gasteiger partial charge in [0, 0.05) is 31.9 Å². The molecular weight excluding hydrogens is 216 g/mol. The molecular formula is C12H24N4O. The molecule has 0 aliphatic heterocycles. The molecule has 1 heterocycles. The molecule has 1 aromatic rings. The second-order valence-electron chi connectivity index (χ2n) is 4.61. The van der Waals surface area contributed by atoms with Gasteiger partial charge in [-0.2, -0.15) is 0 Å². The van der Waals surface area contributed by atoms with Crippen LogP contribution in [0.15, 0.2) is 6.20 Å². The second kappa shape index (κ2) is 7.40. The summed E-state index contributed by atoms with van der Waals surface area (Å²) in [5, 5.41) is 20.3. The van der Waals surface area contributed by atoms with Crippen molar-refractivity contribution >= 4 is 0 Å². The summed E-state index contributed by atoms with van der Waals surface area (Å²) in [6, 6.07) is 0.489. The first-order valence-electron chi connectivity index (χ1n) is 6.40. The van der Waals surface area contributed by atoms with Gasteiger partial charge in [0.2, 0.25) is 0 Å². The van der Waals surface area contributed by atoms with E-state index in [0.717, 1.165) is 25.2 Å². The van der Waals surface area contributed by atoms with Crippen molar-refractivity contribution in [3.63, 3.8) is 0 Å². The molecule has 98 valence electrons. The van der Waals surface area contributed by atoms with E-state index in [-0.39, 0.29) is 6.61 Å². The van der Waals surface area contributed by atoms with E-state index in [1.54, 1.807) is 4.68 Å². The van der Waals surface area contributed by atoms with E-state index in [2.05, 4.69) is 36.4 Å². The highest BCUT2D eigenvalue weighted by molar-refractivity contribution is 4.92. The van der Waals surface area contributed by atoms with Crippen molar-refractivity contribution in [2.45, 2.75) is 52.7 Å². The van der Waals surface area contributed by atoms with Crippen LogP contribution in [0.25, 0.3) is 0 Å². The standard InChI is InChI=1S/C12H24N4O/c1-4-10(2)11(3)13-8-12-9-16(15-14-12)6-5-7-17/h9-11,13,17H,4-8H2,1-3H3. The fraction of sp³-hybridized carbons (Fsp3) is 0.833. The van der Waals surface area contributed by atoms with Crippen LogP contribution in [0.2, 0.25) is 0 Å². The third kappa shape index (κ3) is 4.83. The zero-order chi connectivity index (χ0) is 12.7. The lowest BCUT2D eigenvalue weighted by molar-refractivity contribution is 0.276. The summed E-state index contributed by atoms with van der Waals surface area (Å²) in [6.45, 7) is 8.32. The SMILES string of the molecule is CCC(C)C(C)NCc1cn(CCCO)nn1. The smallest absolute Gasteiger partial charge is 0.0964 e. The number of aliphatic hydroxyl groups is 1. The minimum Gasteiger partial charge on any atom is -0.396 e. The molecule has 0 fully saturated rings. The largest absolute Gasteiger partial charge is 0.396 e. The van der Waals surface area contributed by atoms with Gasteiger partial charge in [0.15, 0.2) is 0 Å². The first-order valence-corrected chi connectivity index (χ1v) is 6.40. The van der Waals surface area contributed by atoms with Gasteiger partial charge in [0.1, 0.15) is 0 Å². The molecule has 5 heteroatoms. The molecule has 0 aliphatic rings. The number of hydrogen-bond donors (Lipinski definition) is 2. The number of aliphatic hydroxyl groups excluding tert-OH is 1. The van der Waals surface area contributed by atoms with Crippen LogP contribution in [-0.2, 0) is 13.1 Å². The molecule has 5 nitrogen and oxygen atoms in total. The van der Waals surface area contributed by atoms with Crippen molar-refractivity contribution in [1.29, 1.82) is 0 Å². The highest BCUT2D eigenvalue weighted by Gasteiger charge is 2.10. The Hall–Kier alpha value is -0.940. The highest BCUT2D eigenvalue weighted by Crippen LogP contribution is 2.07. The van der Waals surface area contributed by atoms with Gasteiger partial charge in [-0.3, -0.25) is 4.68 Å². The van der Waals surface area contributed by atoms with Gasteiger partial charge < -0.3 is 10.4 Å². The predicted octanol–water partition coefficient (Wildman–Crippen LogP) is 1.18. The van der Waals surface area contributed by atoms with Gasteiger partial charge in [0.05, 0.1) is 5.69 Å². The highest BCUT2D eigenvalue weighted by atomic mass is 16.3. The van der Waals surface area contributed by atoms with Crippen molar-refractivity contribution in [2.24, 2.45) is 5.92 Å². The summed E-state index contributed by atoms with van der Waals surface area (Å²) in [5.74, 6) is 0.666. The van der Waals surface area contributed by atoms with E-state index in [1.807, 2.05) is 6.20 Å². The van der Waals surface area contributed by atoms with Crippen molar-refractivity contribution in [3.05, 3.63) is 11.9 Å². The van der Waals surface area contributed by atoms with Crippen molar-refractivity contribution < 1.29 is 5.11 Å². The molecule has 1 aromatic heterocycles. The van der Waals surface area contributed by atoms with Gasteiger partial charge in [-0.1, -0.05) is 25.5 Å². The Kier molecular flexibility index (Phi) is 6.15. The molecule has 0 aliphatic carbocycles. The number of nitrogens with zero attached hydrogens (tertiary/aromatic N) is 3. The van der Waals surface area contributed by atoms with Crippen LogP contribution in [0, 0.1) is 5.92 Å². The average molecular weight is 240 g/mol. The van der Waals surface area contributed by atoms with Gasteiger partial charge in [0.25, 0.3) is 0 Å². The third-order valence-corrected chi connectivity index (χ3v) is 3.23. The molecule has 0 aromatic carbocycles. The van der Waals surface area contributed by atoms with Crippen LogP contribution in [-0.4, -0.2) is 32.7 Å². The fourth-order valence-electron chi connectivity index (χ4n) is 1.58. The van der Waals surface area contributed by atoms with Gasteiger partial charge in [-0.15, -0.1) is 5.10 Å². The lowest BCUT2D eigenvalue weighted by Crippen LogP contribution is -2.31. The van der Waals surface area contributed by atoms with Gasteiger partial charge in [-0.25, -0.2) is 0 Å². The summed E-state index contributed by atoms with van der Waals surface area (Å²) in [7, 11) is 0. The molecule has 2 unspecified atom stereocenters. The molecule has 17 heavy (non-hydrogen) atoms. The van der Waals surface area contributed by atoms with Crippen molar-refractivity contribution in [2.75, 3.05) is 6.61 Å². The number of rotatable bonds is 8. The number of aryl methyl sites for hydroxylation is 1. The van der Waals surface area contributed by atoms with Crippen LogP contribution in [0.4, 0.5) is 0 Å². The zero-order valence-corrected chi connectivity index (χ0v) is 11.1. The van der Waals surface area contributed by atoms with Gasteiger partial charge >= 0.3 is 0 Å². The average Bonchev–Trinajstić information content (AvgIpc) is 2.80. The molecule has 2 N–H and O–H groups in total. The summed E-state index contributed by atoms with van der Waals surface area (Å²) in [4.78, 5) is 0. The van der Waals surface area contributed by atoms with Crippen LogP contribution in [0.5, 0.6) is 0 Å². The topological polar surface area (TPSA) is 63.0 Å². The first-order chi connectivity index (χ1) is 8.17. The number of aromatic nitrogens is 3. The van der Waals surface area contributed by atoms with E-state index in [0.29, 0.717) is 12.0 Å². The van der Waals surface area contributed by atoms with Crippen LogP contribution >= 0.6 is 0 Å². The first kappa shape index (κ1) is 14.1. The Morgan fingerprint density at radius 2 is 2.24 bits per heavy atom. The number of nitrogens with one attached hydrogen (secondary N) is 1. The minimum atomic E-state index is 0.193. The monoisotopic (exact) mass is 240 g/mol. The molecule has 0 radical (unpaired) electrons. The normalized spacial score (nSPS) is 14.8. The molecule has 0 saturated heterocycles. The second-order valence-corrected chi connectivity index (χ2v) is 4.61. The Labute approximate surface area is 103 Å². The molecule has 0 bridgehead atoms. The third-order valence-electron chi connectivity index (χ3n) is 3.23. The van der Waals surface area contributed by atoms with Crippen LogP contribution in [0.1, 0.15) is 39.3 Å². The quantitative estimate of drug-likeness (QED) is 0.716. The maximum atomic E-state index is 8.72. The lowest BCUT2D eigenvalue weighted by Gasteiger charge is -2.18. The number of hydrogen-bond acceptors (Lipinski definition) is 4. The van der Waals surface area contributed by atoms with Crippen LogP contribution < -0.4 is 5.32 Å². The fourth-order valence-corrected chi connectivity index (χ4v) is 1.58. The van der Waals surface area contributed by atoms with E-state index < -0.39 is 0 Å². The van der Waals surface area contributed by atoms with E-state index in [4.69, 9.17) is 5.11 Å². The van der Waals surface area contributed by atoms with Crippen molar-refractivity contribution in [1.82, 2.24) is 20.3 Å². The van der Waals surface area contributed by atoms with E-state index in [9.17, 15) is 0 Å². The summed E-state index contributed by atoms with van der Waals surface area (Å²) >= 11 is 0. The minimum absolute atomic E-state index is 0.193.